The van der Waals surface area contributed by atoms with Crippen molar-refractivity contribution >= 4 is 16.7 Å². The monoisotopic (exact) mass is 243 g/mol. The summed E-state index contributed by atoms with van der Waals surface area (Å²) in [5.41, 5.74) is 1.06. The quantitative estimate of drug-likeness (QED) is 0.897. The van der Waals surface area contributed by atoms with E-state index in [0.29, 0.717) is 6.54 Å². The molecule has 2 rings (SSSR count). The highest BCUT2D eigenvalue weighted by atomic mass is 16.3. The normalized spacial score (nSPS) is 12.4. The fourth-order valence-corrected chi connectivity index (χ4v) is 2.01. The fourth-order valence-electron chi connectivity index (χ4n) is 2.01. The first-order valence-corrected chi connectivity index (χ1v) is 5.98. The van der Waals surface area contributed by atoms with E-state index in [4.69, 9.17) is 0 Å². The van der Waals surface area contributed by atoms with Crippen LogP contribution in [0.25, 0.3) is 10.8 Å². The van der Waals surface area contributed by atoms with Crippen LogP contribution in [0.2, 0.25) is 0 Å². The molecule has 18 heavy (non-hydrogen) atoms. The van der Waals surface area contributed by atoms with E-state index in [2.05, 4.69) is 18.2 Å². The van der Waals surface area contributed by atoms with Crippen LogP contribution in [0.3, 0.4) is 0 Å². The number of rotatable bonds is 3. The van der Waals surface area contributed by atoms with Crippen LogP contribution in [0.15, 0.2) is 42.5 Å². The molecule has 0 aliphatic heterocycles. The van der Waals surface area contributed by atoms with E-state index < -0.39 is 6.10 Å². The highest BCUT2D eigenvalue weighted by Crippen LogP contribution is 2.16. The Morgan fingerprint density at radius 1 is 1.22 bits per heavy atom. The van der Waals surface area contributed by atoms with Crippen molar-refractivity contribution in [3.8, 4) is 0 Å². The molecule has 1 amide bonds. The largest absolute Gasteiger partial charge is 0.384 e. The van der Waals surface area contributed by atoms with Gasteiger partial charge in [-0.25, -0.2) is 0 Å². The summed E-state index contributed by atoms with van der Waals surface area (Å²) in [6.45, 7) is 1.99. The zero-order valence-electron chi connectivity index (χ0n) is 10.6. The van der Waals surface area contributed by atoms with Crippen LogP contribution in [0.4, 0.5) is 0 Å². The van der Waals surface area contributed by atoms with E-state index in [0.717, 1.165) is 10.9 Å². The average molecular weight is 243 g/mol. The number of carbonyl (C=O) groups is 1. The second-order valence-corrected chi connectivity index (χ2v) is 4.55. The summed E-state index contributed by atoms with van der Waals surface area (Å²) in [6.07, 6.45) is -0.949. The van der Waals surface area contributed by atoms with Gasteiger partial charge in [0.2, 0.25) is 0 Å². The minimum Gasteiger partial charge on any atom is -0.384 e. The third-order valence-corrected chi connectivity index (χ3v) is 2.97. The van der Waals surface area contributed by atoms with Gasteiger partial charge in [0.05, 0.1) is 0 Å². The minimum absolute atomic E-state index is 0.261. The summed E-state index contributed by atoms with van der Waals surface area (Å²) >= 11 is 0. The van der Waals surface area contributed by atoms with Crippen molar-refractivity contribution in [3.05, 3.63) is 48.0 Å². The van der Waals surface area contributed by atoms with Crippen LogP contribution in [0, 0.1) is 0 Å². The Labute approximate surface area is 107 Å². The van der Waals surface area contributed by atoms with Crippen molar-refractivity contribution in [2.45, 2.75) is 19.6 Å². The Bertz CT molecular complexity index is 563. The molecule has 0 heterocycles. The van der Waals surface area contributed by atoms with Crippen molar-refractivity contribution in [2.75, 3.05) is 7.05 Å². The molecule has 3 heteroatoms. The Kier molecular flexibility index (Phi) is 3.63. The third kappa shape index (κ3) is 2.68. The number of amides is 1. The topological polar surface area (TPSA) is 40.5 Å². The van der Waals surface area contributed by atoms with E-state index in [1.807, 2.05) is 24.3 Å². The second-order valence-electron chi connectivity index (χ2n) is 4.55. The molecule has 0 aliphatic carbocycles. The van der Waals surface area contributed by atoms with E-state index in [9.17, 15) is 9.90 Å². The number of fused-ring (bicyclic) bond motifs is 1. The standard InChI is InChI=1S/C15H17NO2/c1-11(17)15(18)16(2)10-12-7-8-13-5-3-4-6-14(13)9-12/h3-9,11,17H,10H2,1-2H3. The van der Waals surface area contributed by atoms with Gasteiger partial charge >= 0.3 is 0 Å². The highest BCUT2D eigenvalue weighted by molar-refractivity contribution is 5.83. The Morgan fingerprint density at radius 3 is 2.56 bits per heavy atom. The first-order valence-electron chi connectivity index (χ1n) is 5.98. The van der Waals surface area contributed by atoms with Gasteiger partial charge in [-0.15, -0.1) is 0 Å². The molecule has 2 aromatic carbocycles. The zero-order valence-corrected chi connectivity index (χ0v) is 10.6. The molecule has 3 nitrogen and oxygen atoms in total. The molecule has 0 saturated carbocycles. The molecule has 1 unspecified atom stereocenters. The lowest BCUT2D eigenvalue weighted by Gasteiger charge is -2.19. The number of aliphatic hydroxyl groups is 1. The first kappa shape index (κ1) is 12.6. The van der Waals surface area contributed by atoms with Crippen LogP contribution >= 0.6 is 0 Å². The van der Waals surface area contributed by atoms with Crippen molar-refractivity contribution < 1.29 is 9.90 Å². The van der Waals surface area contributed by atoms with Gasteiger partial charge < -0.3 is 10.0 Å². The molecule has 0 aliphatic rings. The summed E-state index contributed by atoms with van der Waals surface area (Å²) in [6, 6.07) is 14.2. The van der Waals surface area contributed by atoms with Gasteiger partial charge in [-0.1, -0.05) is 36.4 Å². The van der Waals surface area contributed by atoms with Gasteiger partial charge in [0.25, 0.3) is 5.91 Å². The molecule has 1 atom stereocenters. The predicted molar refractivity (Wildman–Crippen MR) is 72.1 cm³/mol. The molecule has 0 saturated heterocycles. The second kappa shape index (κ2) is 5.19. The number of likely N-dealkylation sites (N-methyl/N-ethyl adjacent to an activating group) is 1. The van der Waals surface area contributed by atoms with E-state index in [1.54, 1.807) is 7.05 Å². The van der Waals surface area contributed by atoms with Crippen molar-refractivity contribution in [1.29, 1.82) is 0 Å². The Hall–Kier alpha value is -1.87. The van der Waals surface area contributed by atoms with E-state index in [1.165, 1.54) is 17.2 Å². The van der Waals surface area contributed by atoms with Crippen LogP contribution in [0.5, 0.6) is 0 Å². The molecule has 94 valence electrons. The van der Waals surface area contributed by atoms with Crippen molar-refractivity contribution in [3.63, 3.8) is 0 Å². The lowest BCUT2D eigenvalue weighted by molar-refractivity contribution is -0.138. The molecule has 0 radical (unpaired) electrons. The lowest BCUT2D eigenvalue weighted by Crippen LogP contribution is -2.34. The van der Waals surface area contributed by atoms with Crippen LogP contribution in [-0.2, 0) is 11.3 Å². The molecule has 0 fully saturated rings. The predicted octanol–water partition coefficient (Wildman–Crippen LogP) is 2.18. The van der Waals surface area contributed by atoms with Gasteiger partial charge in [-0.3, -0.25) is 4.79 Å². The van der Waals surface area contributed by atoms with Gasteiger partial charge in [0, 0.05) is 13.6 Å². The molecule has 0 spiro atoms. The van der Waals surface area contributed by atoms with Gasteiger partial charge in [0.1, 0.15) is 6.10 Å². The number of hydrogen-bond acceptors (Lipinski definition) is 2. The fraction of sp³-hybridized carbons (Fsp3) is 0.267. The SMILES string of the molecule is CC(O)C(=O)N(C)Cc1ccc2ccccc2c1. The highest BCUT2D eigenvalue weighted by Gasteiger charge is 2.14. The molecule has 0 aromatic heterocycles. The van der Waals surface area contributed by atoms with Gasteiger partial charge in [-0.2, -0.15) is 0 Å². The maximum absolute atomic E-state index is 11.6. The van der Waals surface area contributed by atoms with Gasteiger partial charge in [-0.05, 0) is 29.3 Å². The van der Waals surface area contributed by atoms with E-state index >= 15 is 0 Å². The average Bonchev–Trinajstić information content (AvgIpc) is 2.37. The van der Waals surface area contributed by atoms with Gasteiger partial charge in [0.15, 0.2) is 0 Å². The van der Waals surface area contributed by atoms with Crippen LogP contribution in [0.1, 0.15) is 12.5 Å². The third-order valence-electron chi connectivity index (χ3n) is 2.97. The smallest absolute Gasteiger partial charge is 0.251 e. The number of nitrogens with zero attached hydrogens (tertiary/aromatic N) is 1. The summed E-state index contributed by atoms with van der Waals surface area (Å²) in [5, 5.41) is 11.6. The Morgan fingerprint density at radius 2 is 1.89 bits per heavy atom. The molecular formula is C15H17NO2. The van der Waals surface area contributed by atoms with Crippen LogP contribution < -0.4 is 0 Å². The summed E-state index contributed by atoms with van der Waals surface area (Å²) < 4.78 is 0. The summed E-state index contributed by atoms with van der Waals surface area (Å²) in [7, 11) is 1.70. The number of hydrogen-bond donors (Lipinski definition) is 1. The Balaban J connectivity index is 2.19. The van der Waals surface area contributed by atoms with Crippen molar-refractivity contribution in [1.82, 2.24) is 4.90 Å². The zero-order chi connectivity index (χ0) is 13.1. The van der Waals surface area contributed by atoms with E-state index in [-0.39, 0.29) is 5.91 Å². The molecular weight excluding hydrogens is 226 g/mol. The molecule has 1 N–H and O–H groups in total. The summed E-state index contributed by atoms with van der Waals surface area (Å²) in [4.78, 5) is 13.1. The maximum Gasteiger partial charge on any atom is 0.251 e. The number of aliphatic hydroxyl groups excluding tert-OH is 1. The lowest BCUT2D eigenvalue weighted by atomic mass is 10.1. The van der Waals surface area contributed by atoms with Crippen LogP contribution in [-0.4, -0.2) is 29.1 Å². The first-order chi connectivity index (χ1) is 8.58. The minimum atomic E-state index is -0.949. The molecule has 2 aromatic rings. The maximum atomic E-state index is 11.6. The van der Waals surface area contributed by atoms with Crippen molar-refractivity contribution in [2.24, 2.45) is 0 Å². The summed E-state index contributed by atoms with van der Waals surface area (Å²) in [5.74, 6) is -0.261. The number of benzene rings is 2. The number of carbonyl (C=O) groups excluding carboxylic acids is 1. The molecule has 0 bridgehead atoms.